The van der Waals surface area contributed by atoms with E-state index in [9.17, 15) is 14.4 Å². The van der Waals surface area contributed by atoms with Gasteiger partial charge in [-0.3, -0.25) is 9.59 Å². The molecule has 0 aliphatic rings. The van der Waals surface area contributed by atoms with Gasteiger partial charge >= 0.3 is 5.97 Å². The number of amides is 1. The van der Waals surface area contributed by atoms with Gasteiger partial charge < -0.3 is 20.4 Å². The Hall–Kier alpha value is -2.93. The van der Waals surface area contributed by atoms with Crippen LogP contribution in [0.15, 0.2) is 43.1 Å². The van der Waals surface area contributed by atoms with Gasteiger partial charge in [0.1, 0.15) is 6.04 Å². The van der Waals surface area contributed by atoms with Crippen LogP contribution >= 0.6 is 0 Å². The maximum atomic E-state index is 12.6. The molecule has 3 N–H and O–H groups in total. The number of nitrogens with one attached hydrogen (secondary N) is 1. The summed E-state index contributed by atoms with van der Waals surface area (Å²) in [5.41, 5.74) is 8.13. The lowest BCUT2D eigenvalue weighted by atomic mass is 10.0. The van der Waals surface area contributed by atoms with Crippen LogP contribution in [0.5, 0.6) is 0 Å². The molecule has 0 saturated carbocycles. The topological polar surface area (TPSA) is 103 Å². The van der Waals surface area contributed by atoms with E-state index in [0.29, 0.717) is 6.42 Å². The molecular formula is C22H29N3O4. The van der Waals surface area contributed by atoms with Crippen molar-refractivity contribution in [1.82, 2.24) is 9.88 Å². The number of nitrogens with zero attached hydrogens (tertiary/aromatic N) is 1. The molecule has 0 radical (unpaired) electrons. The molecule has 2 rings (SSSR count). The Morgan fingerprint density at radius 2 is 1.97 bits per heavy atom. The zero-order chi connectivity index (χ0) is 21.6. The summed E-state index contributed by atoms with van der Waals surface area (Å²) in [4.78, 5) is 36.5. The molecule has 7 heteroatoms. The largest absolute Gasteiger partial charge is 0.461 e. The fourth-order valence-electron chi connectivity index (χ4n) is 3.15. The van der Waals surface area contributed by atoms with Crippen LogP contribution < -0.4 is 11.1 Å². The normalized spacial score (nSPS) is 13.1. The lowest BCUT2D eigenvalue weighted by Gasteiger charge is -2.21. The van der Waals surface area contributed by atoms with E-state index in [-0.39, 0.29) is 24.7 Å². The lowest BCUT2D eigenvalue weighted by Crippen LogP contribution is -2.50. The molecule has 7 nitrogen and oxygen atoms in total. The van der Waals surface area contributed by atoms with Gasteiger partial charge in [-0.05, 0) is 44.4 Å². The molecule has 29 heavy (non-hydrogen) atoms. The first-order valence-electron chi connectivity index (χ1n) is 9.67. The van der Waals surface area contributed by atoms with Gasteiger partial charge in [0.15, 0.2) is 5.78 Å². The molecule has 1 heterocycles. The Labute approximate surface area is 170 Å². The predicted molar refractivity (Wildman–Crippen MR) is 112 cm³/mol. The molecule has 1 aromatic heterocycles. The minimum Gasteiger partial charge on any atom is -0.461 e. The number of ketones is 1. The second kappa shape index (κ2) is 10.0. The highest BCUT2D eigenvalue weighted by atomic mass is 16.5. The third kappa shape index (κ3) is 6.02. The van der Waals surface area contributed by atoms with Crippen molar-refractivity contribution in [3.05, 3.63) is 48.7 Å². The Morgan fingerprint density at radius 1 is 1.28 bits per heavy atom. The number of carbonyl (C=O) groups is 3. The van der Waals surface area contributed by atoms with Crippen LogP contribution in [0.4, 0.5) is 0 Å². The minimum absolute atomic E-state index is 0.0835. The van der Waals surface area contributed by atoms with Crippen molar-refractivity contribution in [3.8, 4) is 0 Å². The van der Waals surface area contributed by atoms with Crippen molar-refractivity contribution in [2.45, 2.75) is 51.3 Å². The average Bonchev–Trinajstić information content (AvgIpc) is 2.99. The number of fused-ring (bicyclic) bond motifs is 1. The third-order valence-electron chi connectivity index (χ3n) is 4.62. The Kier molecular flexibility index (Phi) is 7.73. The van der Waals surface area contributed by atoms with Gasteiger partial charge in [0.25, 0.3) is 0 Å². The summed E-state index contributed by atoms with van der Waals surface area (Å²) in [6.07, 6.45) is 3.35. The van der Waals surface area contributed by atoms with Gasteiger partial charge in [0, 0.05) is 30.6 Å². The molecule has 2 atom stereocenters. The first-order chi connectivity index (χ1) is 13.7. The summed E-state index contributed by atoms with van der Waals surface area (Å²) in [5, 5.41) is 3.68. The number of para-hydroxylation sites is 1. The van der Waals surface area contributed by atoms with E-state index in [1.54, 1.807) is 13.8 Å². The number of esters is 1. The first-order valence-corrected chi connectivity index (χ1v) is 9.67. The number of ether oxygens (including phenoxy) is 1. The molecule has 2 aromatic rings. The zero-order valence-electron chi connectivity index (χ0n) is 17.2. The van der Waals surface area contributed by atoms with Crippen molar-refractivity contribution in [3.63, 3.8) is 0 Å². The number of hydrogen-bond acceptors (Lipinski definition) is 5. The maximum absolute atomic E-state index is 12.6. The van der Waals surface area contributed by atoms with Crippen LogP contribution in [0.25, 0.3) is 10.9 Å². The molecule has 0 aliphatic carbocycles. The predicted octanol–water partition coefficient (Wildman–Crippen LogP) is 2.02. The quantitative estimate of drug-likeness (QED) is 0.470. The Balaban J connectivity index is 2.08. The molecule has 156 valence electrons. The fraction of sp³-hybridized carbons (Fsp3) is 0.409. The molecule has 0 saturated heterocycles. The van der Waals surface area contributed by atoms with E-state index in [2.05, 4.69) is 11.9 Å². The molecule has 0 unspecified atom stereocenters. The highest BCUT2D eigenvalue weighted by Gasteiger charge is 2.26. The molecule has 1 amide bonds. The Bertz CT molecular complexity index is 901. The minimum atomic E-state index is -0.938. The molecular weight excluding hydrogens is 370 g/mol. The number of aromatic nitrogens is 1. The molecule has 0 aliphatic heterocycles. The van der Waals surface area contributed by atoms with Crippen LogP contribution in [0.1, 0.15) is 32.3 Å². The SMILES string of the molecule is C=CC(=O)CC[C@H](NC(=O)[C@@H](N)Cc1cn(C)c2ccccc12)C(=O)OC(C)C. The van der Waals surface area contributed by atoms with Crippen LogP contribution in [-0.2, 0) is 32.6 Å². The van der Waals surface area contributed by atoms with E-state index in [0.717, 1.165) is 16.5 Å². The first kappa shape index (κ1) is 22.4. The van der Waals surface area contributed by atoms with Gasteiger partial charge in [-0.1, -0.05) is 24.8 Å². The van der Waals surface area contributed by atoms with Gasteiger partial charge in [-0.15, -0.1) is 0 Å². The standard InChI is InChI=1S/C22H29N3O4/c1-5-16(26)10-11-19(22(28)29-14(2)3)24-21(27)18(23)12-15-13-25(4)20-9-7-6-8-17(15)20/h5-9,13-14,18-19H,1,10-12,23H2,2-4H3,(H,24,27)/t18-,19-/m0/s1. The summed E-state index contributed by atoms with van der Waals surface area (Å²) in [7, 11) is 1.94. The Morgan fingerprint density at radius 3 is 2.62 bits per heavy atom. The molecule has 1 aromatic carbocycles. The zero-order valence-corrected chi connectivity index (χ0v) is 17.2. The number of rotatable bonds is 10. The summed E-state index contributed by atoms with van der Waals surface area (Å²) in [6, 6.07) is 6.09. The maximum Gasteiger partial charge on any atom is 0.328 e. The van der Waals surface area contributed by atoms with Crippen LogP contribution in [0, 0.1) is 0 Å². The van der Waals surface area contributed by atoms with Crippen molar-refractivity contribution >= 4 is 28.6 Å². The highest BCUT2D eigenvalue weighted by Crippen LogP contribution is 2.21. The molecule has 0 fully saturated rings. The van der Waals surface area contributed by atoms with Crippen molar-refractivity contribution in [2.24, 2.45) is 12.8 Å². The van der Waals surface area contributed by atoms with Gasteiger partial charge in [-0.2, -0.15) is 0 Å². The highest BCUT2D eigenvalue weighted by molar-refractivity contribution is 5.91. The second-order valence-corrected chi connectivity index (χ2v) is 7.35. The third-order valence-corrected chi connectivity index (χ3v) is 4.62. The number of nitrogens with two attached hydrogens (primary N) is 1. The summed E-state index contributed by atoms with van der Waals surface area (Å²) < 4.78 is 7.19. The second-order valence-electron chi connectivity index (χ2n) is 7.35. The summed E-state index contributed by atoms with van der Waals surface area (Å²) >= 11 is 0. The summed E-state index contributed by atoms with van der Waals surface area (Å²) in [6.45, 7) is 6.86. The monoisotopic (exact) mass is 399 g/mol. The van der Waals surface area contributed by atoms with Gasteiger partial charge in [0.2, 0.25) is 5.91 Å². The van der Waals surface area contributed by atoms with E-state index in [4.69, 9.17) is 10.5 Å². The van der Waals surface area contributed by atoms with E-state index in [1.165, 1.54) is 6.08 Å². The number of benzene rings is 1. The smallest absolute Gasteiger partial charge is 0.328 e. The number of carbonyl (C=O) groups excluding carboxylic acids is 3. The number of allylic oxidation sites excluding steroid dienone is 1. The van der Waals surface area contributed by atoms with Crippen LogP contribution in [0.3, 0.4) is 0 Å². The van der Waals surface area contributed by atoms with Crippen molar-refractivity contribution in [2.75, 3.05) is 0 Å². The van der Waals surface area contributed by atoms with Gasteiger partial charge in [0.05, 0.1) is 12.1 Å². The van der Waals surface area contributed by atoms with E-state index in [1.807, 2.05) is 42.1 Å². The number of aryl methyl sites for hydroxylation is 1. The van der Waals surface area contributed by atoms with Crippen LogP contribution in [0.2, 0.25) is 0 Å². The van der Waals surface area contributed by atoms with Crippen molar-refractivity contribution in [1.29, 1.82) is 0 Å². The lowest BCUT2D eigenvalue weighted by molar-refractivity contribution is -0.151. The summed E-state index contributed by atoms with van der Waals surface area (Å²) in [5.74, 6) is -1.25. The number of hydrogen-bond donors (Lipinski definition) is 2. The van der Waals surface area contributed by atoms with Crippen LogP contribution in [-0.4, -0.2) is 40.4 Å². The fourth-order valence-corrected chi connectivity index (χ4v) is 3.15. The van der Waals surface area contributed by atoms with E-state index < -0.39 is 24.0 Å². The molecule has 0 bridgehead atoms. The van der Waals surface area contributed by atoms with Crippen molar-refractivity contribution < 1.29 is 19.1 Å². The molecule has 0 spiro atoms. The average molecular weight is 399 g/mol. The van der Waals surface area contributed by atoms with Gasteiger partial charge in [-0.25, -0.2) is 4.79 Å². The van der Waals surface area contributed by atoms with E-state index >= 15 is 0 Å².